The maximum Gasteiger partial charge on any atom is 0.134 e. The van der Waals surface area contributed by atoms with E-state index >= 15 is 0 Å². The summed E-state index contributed by atoms with van der Waals surface area (Å²) in [5.41, 5.74) is 0.589. The molecule has 0 saturated carbocycles. The molecule has 2 N–H and O–H groups in total. The Balaban J connectivity index is 2.44. The predicted octanol–water partition coefficient (Wildman–Crippen LogP) is 1.01. The van der Waals surface area contributed by atoms with Crippen LogP contribution in [0.25, 0.3) is 0 Å². The second-order valence-electron chi connectivity index (χ2n) is 3.44. The Labute approximate surface area is 77.9 Å². The molecule has 4 heteroatoms. The third-order valence-electron chi connectivity index (χ3n) is 1.71. The largest absolute Gasteiger partial charge is 0.385 e. The zero-order valence-electron chi connectivity index (χ0n) is 8.24. The molecule has 0 aliphatic heterocycles. The molecule has 0 aromatic carbocycles. The van der Waals surface area contributed by atoms with E-state index in [0.29, 0.717) is 18.3 Å². The molecular formula is C9H16N2O2. The van der Waals surface area contributed by atoms with Crippen molar-refractivity contribution < 1.29 is 9.63 Å². The van der Waals surface area contributed by atoms with Gasteiger partial charge in [-0.05, 0) is 6.92 Å². The van der Waals surface area contributed by atoms with Gasteiger partial charge in [-0.2, -0.15) is 0 Å². The fraction of sp³-hybridized carbons (Fsp3) is 0.667. The Morgan fingerprint density at radius 2 is 2.31 bits per heavy atom. The Bertz CT molecular complexity index is 258. The summed E-state index contributed by atoms with van der Waals surface area (Å²) in [7, 11) is 0. The van der Waals surface area contributed by atoms with Gasteiger partial charge in [-0.15, -0.1) is 0 Å². The van der Waals surface area contributed by atoms with Crippen molar-refractivity contribution in [2.45, 2.75) is 32.9 Å². The molecule has 0 saturated heterocycles. The summed E-state index contributed by atoms with van der Waals surface area (Å²) in [6.07, 6.45) is -0.583. The molecule has 0 spiro atoms. The Kier molecular flexibility index (Phi) is 3.45. The number of nitrogens with zero attached hydrogens (tertiary/aromatic N) is 1. The smallest absolute Gasteiger partial charge is 0.134 e. The molecule has 0 aliphatic rings. The monoisotopic (exact) mass is 184 g/mol. The van der Waals surface area contributed by atoms with Crippen LogP contribution in [0.15, 0.2) is 10.6 Å². The first-order valence-corrected chi connectivity index (χ1v) is 4.44. The van der Waals surface area contributed by atoms with Gasteiger partial charge in [0.25, 0.3) is 0 Å². The number of hydrogen-bond donors (Lipinski definition) is 2. The molecule has 1 unspecified atom stereocenters. The molecule has 4 nitrogen and oxygen atoms in total. The van der Waals surface area contributed by atoms with E-state index in [0.717, 1.165) is 5.76 Å². The zero-order valence-corrected chi connectivity index (χ0v) is 8.24. The molecule has 0 radical (unpaired) electrons. The van der Waals surface area contributed by atoms with Crippen molar-refractivity contribution in [3.05, 3.63) is 17.5 Å². The van der Waals surface area contributed by atoms with Gasteiger partial charge in [0.2, 0.25) is 0 Å². The normalized spacial score (nSPS) is 13.6. The van der Waals surface area contributed by atoms with E-state index in [2.05, 4.69) is 10.5 Å². The van der Waals surface area contributed by atoms with Crippen LogP contribution in [0, 0.1) is 6.92 Å². The van der Waals surface area contributed by atoms with Crippen molar-refractivity contribution in [1.29, 1.82) is 0 Å². The molecule has 0 bridgehead atoms. The highest BCUT2D eigenvalue weighted by atomic mass is 16.5. The molecule has 0 aliphatic carbocycles. The molecule has 1 heterocycles. The number of aliphatic hydroxyl groups is 1. The molecular weight excluding hydrogens is 168 g/mol. The summed E-state index contributed by atoms with van der Waals surface area (Å²) >= 11 is 0. The Morgan fingerprint density at radius 1 is 1.62 bits per heavy atom. The highest BCUT2D eigenvalue weighted by Crippen LogP contribution is 2.11. The second-order valence-corrected chi connectivity index (χ2v) is 3.44. The molecule has 1 rings (SSSR count). The zero-order chi connectivity index (χ0) is 9.84. The van der Waals surface area contributed by atoms with E-state index in [9.17, 15) is 5.11 Å². The Hall–Kier alpha value is -0.870. The van der Waals surface area contributed by atoms with Gasteiger partial charge in [0, 0.05) is 18.7 Å². The summed E-state index contributed by atoms with van der Waals surface area (Å²) < 4.78 is 4.85. The molecule has 1 atom stereocenters. The van der Waals surface area contributed by atoms with Gasteiger partial charge < -0.3 is 14.9 Å². The van der Waals surface area contributed by atoms with E-state index in [1.54, 1.807) is 13.0 Å². The predicted molar refractivity (Wildman–Crippen MR) is 49.3 cm³/mol. The minimum Gasteiger partial charge on any atom is -0.385 e. The summed E-state index contributed by atoms with van der Waals surface area (Å²) in [5, 5.41) is 16.4. The standard InChI is InChI=1S/C9H16N2O2/c1-6(2)10-5-9(12)8-4-7(3)13-11-8/h4,6,9-10,12H,5H2,1-3H3. The highest BCUT2D eigenvalue weighted by molar-refractivity contribution is 5.06. The van der Waals surface area contributed by atoms with Gasteiger partial charge in [0.15, 0.2) is 0 Å². The average Bonchev–Trinajstić information content (AvgIpc) is 2.47. The number of rotatable bonds is 4. The van der Waals surface area contributed by atoms with Gasteiger partial charge in [-0.3, -0.25) is 0 Å². The molecule has 13 heavy (non-hydrogen) atoms. The van der Waals surface area contributed by atoms with Crippen LogP contribution >= 0.6 is 0 Å². The molecule has 74 valence electrons. The van der Waals surface area contributed by atoms with Crippen molar-refractivity contribution in [2.24, 2.45) is 0 Å². The number of aromatic nitrogens is 1. The lowest BCUT2D eigenvalue weighted by Crippen LogP contribution is -2.28. The van der Waals surface area contributed by atoms with Gasteiger partial charge in [0.1, 0.15) is 17.6 Å². The van der Waals surface area contributed by atoms with Crippen molar-refractivity contribution in [1.82, 2.24) is 10.5 Å². The lowest BCUT2D eigenvalue weighted by Gasteiger charge is -2.11. The maximum atomic E-state index is 9.60. The number of nitrogens with one attached hydrogen (secondary N) is 1. The van der Waals surface area contributed by atoms with Crippen LogP contribution in [0.2, 0.25) is 0 Å². The van der Waals surface area contributed by atoms with Gasteiger partial charge in [-0.1, -0.05) is 19.0 Å². The summed E-state index contributed by atoms with van der Waals surface area (Å²) in [6, 6.07) is 2.11. The van der Waals surface area contributed by atoms with Crippen LogP contribution in [0.3, 0.4) is 0 Å². The van der Waals surface area contributed by atoms with E-state index < -0.39 is 6.10 Å². The fourth-order valence-corrected chi connectivity index (χ4v) is 0.995. The van der Waals surface area contributed by atoms with Crippen LogP contribution in [0.1, 0.15) is 31.4 Å². The topological polar surface area (TPSA) is 58.3 Å². The van der Waals surface area contributed by atoms with Crippen molar-refractivity contribution in [3.63, 3.8) is 0 Å². The first kappa shape index (κ1) is 10.2. The fourth-order valence-electron chi connectivity index (χ4n) is 0.995. The van der Waals surface area contributed by atoms with Crippen LogP contribution in [0.5, 0.6) is 0 Å². The highest BCUT2D eigenvalue weighted by Gasteiger charge is 2.11. The van der Waals surface area contributed by atoms with Crippen LogP contribution in [0.4, 0.5) is 0 Å². The quantitative estimate of drug-likeness (QED) is 0.733. The third-order valence-corrected chi connectivity index (χ3v) is 1.71. The maximum absolute atomic E-state index is 9.60. The van der Waals surface area contributed by atoms with E-state index in [4.69, 9.17) is 4.52 Å². The average molecular weight is 184 g/mol. The first-order valence-electron chi connectivity index (χ1n) is 4.44. The van der Waals surface area contributed by atoms with Crippen molar-refractivity contribution in [2.75, 3.05) is 6.54 Å². The number of hydrogen-bond acceptors (Lipinski definition) is 4. The first-order chi connectivity index (χ1) is 6.09. The Morgan fingerprint density at radius 3 is 2.77 bits per heavy atom. The van der Waals surface area contributed by atoms with E-state index in [1.807, 2.05) is 13.8 Å². The summed E-state index contributed by atoms with van der Waals surface area (Å²) in [6.45, 7) is 6.37. The molecule has 0 fully saturated rings. The van der Waals surface area contributed by atoms with Crippen LogP contribution < -0.4 is 5.32 Å². The minimum atomic E-state index is -0.583. The van der Waals surface area contributed by atoms with Gasteiger partial charge >= 0.3 is 0 Å². The van der Waals surface area contributed by atoms with Crippen molar-refractivity contribution >= 4 is 0 Å². The summed E-state index contributed by atoms with van der Waals surface area (Å²) in [4.78, 5) is 0. The lowest BCUT2D eigenvalue weighted by molar-refractivity contribution is 0.161. The number of aliphatic hydroxyl groups excluding tert-OH is 1. The minimum absolute atomic E-state index is 0.364. The van der Waals surface area contributed by atoms with Gasteiger partial charge in [-0.25, -0.2) is 0 Å². The summed E-state index contributed by atoms with van der Waals surface area (Å²) in [5.74, 6) is 0.721. The third kappa shape index (κ3) is 3.16. The SMILES string of the molecule is Cc1cc(C(O)CNC(C)C)no1. The van der Waals surface area contributed by atoms with Crippen LogP contribution in [-0.4, -0.2) is 22.8 Å². The number of aryl methyl sites for hydroxylation is 1. The molecule has 1 aromatic rings. The molecule has 1 aromatic heterocycles. The molecule has 0 amide bonds. The second kappa shape index (κ2) is 4.39. The van der Waals surface area contributed by atoms with Gasteiger partial charge in [0.05, 0.1) is 0 Å². The van der Waals surface area contributed by atoms with E-state index in [1.165, 1.54) is 0 Å². The van der Waals surface area contributed by atoms with Crippen molar-refractivity contribution in [3.8, 4) is 0 Å². The van der Waals surface area contributed by atoms with Crippen LogP contribution in [-0.2, 0) is 0 Å². The lowest BCUT2D eigenvalue weighted by atomic mass is 10.2. The van der Waals surface area contributed by atoms with E-state index in [-0.39, 0.29) is 0 Å².